The zero-order valence-corrected chi connectivity index (χ0v) is 18.7. The number of methoxy groups -OCH3 is 2. The summed E-state index contributed by atoms with van der Waals surface area (Å²) in [4.78, 5) is 28.2. The van der Waals surface area contributed by atoms with E-state index in [1.54, 1.807) is 30.3 Å². The van der Waals surface area contributed by atoms with Crippen molar-refractivity contribution in [2.45, 2.75) is 13.8 Å². The number of amides is 2. The molecule has 3 aromatic carbocycles. The number of halogens is 1. The third-order valence-electron chi connectivity index (χ3n) is 5.30. The number of ether oxygens (including phenoxy) is 2. The number of anilines is 2. The van der Waals surface area contributed by atoms with E-state index in [0.29, 0.717) is 28.4 Å². The topological polar surface area (TPSA) is 67.9 Å². The summed E-state index contributed by atoms with van der Waals surface area (Å²) in [6, 6.07) is 16.1. The molecule has 3 aromatic rings. The molecule has 1 N–H and O–H groups in total. The van der Waals surface area contributed by atoms with Crippen LogP contribution in [0.3, 0.4) is 0 Å². The van der Waals surface area contributed by atoms with Gasteiger partial charge >= 0.3 is 0 Å². The summed E-state index contributed by atoms with van der Waals surface area (Å²) in [5.41, 5.74) is 3.49. The van der Waals surface area contributed by atoms with E-state index < -0.39 is 17.6 Å². The molecular formula is C26H23FN2O4. The van der Waals surface area contributed by atoms with Gasteiger partial charge in [0.15, 0.2) is 0 Å². The van der Waals surface area contributed by atoms with Crippen LogP contribution in [-0.4, -0.2) is 26.0 Å². The number of nitrogens with zero attached hydrogens (tertiary/aromatic N) is 1. The van der Waals surface area contributed by atoms with E-state index in [4.69, 9.17) is 9.47 Å². The van der Waals surface area contributed by atoms with E-state index in [-0.39, 0.29) is 11.3 Å². The van der Waals surface area contributed by atoms with Crippen LogP contribution in [0.4, 0.5) is 15.8 Å². The largest absolute Gasteiger partial charge is 0.497 e. The van der Waals surface area contributed by atoms with Crippen molar-refractivity contribution in [1.29, 1.82) is 0 Å². The molecule has 0 spiro atoms. The van der Waals surface area contributed by atoms with Gasteiger partial charge in [0.05, 0.1) is 25.5 Å². The van der Waals surface area contributed by atoms with Gasteiger partial charge in [-0.05, 0) is 54.8 Å². The van der Waals surface area contributed by atoms with Crippen LogP contribution in [0.5, 0.6) is 11.5 Å². The number of carbonyl (C=O) groups excluding carboxylic acids is 2. The number of aryl methyl sites for hydroxylation is 2. The molecule has 7 heteroatoms. The van der Waals surface area contributed by atoms with Crippen molar-refractivity contribution in [1.82, 2.24) is 0 Å². The van der Waals surface area contributed by atoms with Gasteiger partial charge in [0.25, 0.3) is 11.8 Å². The predicted molar refractivity (Wildman–Crippen MR) is 125 cm³/mol. The molecular weight excluding hydrogens is 423 g/mol. The molecule has 6 nitrogen and oxygen atoms in total. The van der Waals surface area contributed by atoms with Crippen molar-refractivity contribution < 1.29 is 23.5 Å². The van der Waals surface area contributed by atoms with Crippen molar-refractivity contribution in [2.75, 3.05) is 24.4 Å². The van der Waals surface area contributed by atoms with Gasteiger partial charge in [-0.25, -0.2) is 9.29 Å². The van der Waals surface area contributed by atoms with Gasteiger partial charge < -0.3 is 14.8 Å². The summed E-state index contributed by atoms with van der Waals surface area (Å²) in [5.74, 6) is -0.401. The molecule has 0 bridgehead atoms. The molecule has 0 atom stereocenters. The Balaban J connectivity index is 1.85. The summed E-state index contributed by atoms with van der Waals surface area (Å²) in [6.07, 6.45) is 0. The van der Waals surface area contributed by atoms with Gasteiger partial charge in [-0.3, -0.25) is 9.59 Å². The van der Waals surface area contributed by atoms with Crippen molar-refractivity contribution in [2.24, 2.45) is 0 Å². The fraction of sp³-hybridized carbons (Fsp3) is 0.154. The lowest BCUT2D eigenvalue weighted by Gasteiger charge is -2.17. The Morgan fingerprint density at radius 3 is 1.91 bits per heavy atom. The average molecular weight is 446 g/mol. The summed E-state index contributed by atoms with van der Waals surface area (Å²) < 4.78 is 24.2. The second-order valence-electron chi connectivity index (χ2n) is 7.77. The molecule has 2 amide bonds. The first-order chi connectivity index (χ1) is 15.8. The fourth-order valence-electron chi connectivity index (χ4n) is 3.87. The molecule has 168 valence electrons. The zero-order chi connectivity index (χ0) is 23.7. The Morgan fingerprint density at radius 1 is 0.788 bits per heavy atom. The van der Waals surface area contributed by atoms with Gasteiger partial charge in [-0.1, -0.05) is 18.2 Å². The summed E-state index contributed by atoms with van der Waals surface area (Å²) in [6.45, 7) is 3.80. The molecule has 0 aromatic heterocycles. The van der Waals surface area contributed by atoms with Gasteiger partial charge in [0.1, 0.15) is 23.0 Å². The number of hydrogen-bond donors (Lipinski definition) is 1. The first-order valence-corrected chi connectivity index (χ1v) is 10.3. The van der Waals surface area contributed by atoms with Crippen LogP contribution in [-0.2, 0) is 9.59 Å². The lowest BCUT2D eigenvalue weighted by molar-refractivity contribution is -0.120. The second-order valence-corrected chi connectivity index (χ2v) is 7.77. The van der Waals surface area contributed by atoms with Crippen LogP contribution in [0.1, 0.15) is 16.7 Å². The fourth-order valence-corrected chi connectivity index (χ4v) is 3.87. The number of hydrogen-bond acceptors (Lipinski definition) is 5. The van der Waals surface area contributed by atoms with E-state index in [1.165, 1.54) is 38.5 Å². The lowest BCUT2D eigenvalue weighted by atomic mass is 10.0. The van der Waals surface area contributed by atoms with Gasteiger partial charge in [-0.15, -0.1) is 0 Å². The Labute approximate surface area is 191 Å². The molecule has 1 aliphatic heterocycles. The summed E-state index contributed by atoms with van der Waals surface area (Å²) in [5, 5.41) is 3.08. The maximum atomic E-state index is 13.6. The van der Waals surface area contributed by atoms with Crippen molar-refractivity contribution in [3.05, 3.63) is 88.9 Å². The van der Waals surface area contributed by atoms with E-state index >= 15 is 0 Å². The minimum atomic E-state index is -0.508. The monoisotopic (exact) mass is 446 g/mol. The van der Waals surface area contributed by atoms with Gasteiger partial charge in [-0.2, -0.15) is 0 Å². The van der Waals surface area contributed by atoms with Crippen LogP contribution < -0.4 is 19.7 Å². The van der Waals surface area contributed by atoms with Crippen molar-refractivity contribution >= 4 is 28.8 Å². The molecule has 0 saturated carbocycles. The minimum absolute atomic E-state index is 0.0843. The number of imide groups is 1. The summed E-state index contributed by atoms with van der Waals surface area (Å²) >= 11 is 0. The Bertz CT molecular complexity index is 1240. The van der Waals surface area contributed by atoms with Crippen molar-refractivity contribution in [3.8, 4) is 11.5 Å². The van der Waals surface area contributed by atoms with E-state index in [9.17, 15) is 14.0 Å². The van der Waals surface area contributed by atoms with E-state index in [2.05, 4.69) is 5.32 Å². The number of carbonyl (C=O) groups is 2. The average Bonchev–Trinajstić information content (AvgIpc) is 3.02. The smallest absolute Gasteiger partial charge is 0.282 e. The Kier molecular flexibility index (Phi) is 5.87. The quantitative estimate of drug-likeness (QED) is 0.548. The highest BCUT2D eigenvalue weighted by atomic mass is 19.1. The molecule has 0 fully saturated rings. The third-order valence-corrected chi connectivity index (χ3v) is 5.30. The number of rotatable bonds is 6. The summed E-state index contributed by atoms with van der Waals surface area (Å²) in [7, 11) is 3.04. The predicted octanol–water partition coefficient (Wildman–Crippen LogP) is 4.86. The zero-order valence-electron chi connectivity index (χ0n) is 18.7. The highest BCUT2D eigenvalue weighted by Gasteiger charge is 2.40. The van der Waals surface area contributed by atoms with Gasteiger partial charge in [0.2, 0.25) is 0 Å². The molecule has 0 saturated heterocycles. The molecule has 0 aliphatic carbocycles. The number of benzene rings is 3. The lowest BCUT2D eigenvalue weighted by Crippen LogP contribution is -2.32. The van der Waals surface area contributed by atoms with Crippen molar-refractivity contribution in [3.63, 3.8) is 0 Å². The SMILES string of the molecule is COc1cc(NC2=C(c3ccc(F)cc3)C(=O)N(c3cc(C)cc(C)c3)C2=O)cc(OC)c1. The van der Waals surface area contributed by atoms with Crippen LogP contribution in [0, 0.1) is 19.7 Å². The van der Waals surface area contributed by atoms with Crippen LogP contribution in [0.25, 0.3) is 5.57 Å². The molecule has 1 aliphatic rings. The Morgan fingerprint density at radius 2 is 1.36 bits per heavy atom. The first-order valence-electron chi connectivity index (χ1n) is 10.3. The van der Waals surface area contributed by atoms with Crippen LogP contribution in [0.2, 0.25) is 0 Å². The van der Waals surface area contributed by atoms with Crippen LogP contribution >= 0.6 is 0 Å². The van der Waals surface area contributed by atoms with Crippen LogP contribution in [0.15, 0.2) is 66.4 Å². The first kappa shape index (κ1) is 22.1. The molecule has 0 unspecified atom stereocenters. The highest BCUT2D eigenvalue weighted by Crippen LogP contribution is 2.36. The standard InChI is InChI=1S/C26H23FN2O4/c1-15-9-16(2)11-20(10-15)29-25(30)23(17-5-7-18(27)8-6-17)24(26(29)31)28-19-12-21(32-3)14-22(13-19)33-4/h5-14,28H,1-4H3. The Hall–Kier alpha value is -4.13. The van der Waals surface area contributed by atoms with Gasteiger partial charge in [0, 0.05) is 23.9 Å². The third kappa shape index (κ3) is 4.30. The molecule has 33 heavy (non-hydrogen) atoms. The normalized spacial score (nSPS) is 13.5. The van der Waals surface area contributed by atoms with E-state index in [1.807, 2.05) is 19.9 Å². The maximum Gasteiger partial charge on any atom is 0.282 e. The van der Waals surface area contributed by atoms with E-state index in [0.717, 1.165) is 16.0 Å². The molecule has 0 radical (unpaired) electrons. The second kappa shape index (κ2) is 8.78. The molecule has 4 rings (SSSR count). The minimum Gasteiger partial charge on any atom is -0.497 e. The highest BCUT2D eigenvalue weighted by molar-refractivity contribution is 6.46. The number of nitrogens with one attached hydrogen (secondary N) is 1. The molecule has 1 heterocycles. The maximum absolute atomic E-state index is 13.6.